The number of anilines is 2. The third kappa shape index (κ3) is 5.66. The fourth-order valence-corrected chi connectivity index (χ4v) is 5.03. The number of carbonyl (C=O) groups is 2. The van der Waals surface area contributed by atoms with E-state index in [0.29, 0.717) is 33.9 Å². The van der Waals surface area contributed by atoms with Crippen LogP contribution in [0.25, 0.3) is 11.3 Å². The molecule has 2 heterocycles. The Bertz CT molecular complexity index is 1510. The van der Waals surface area contributed by atoms with Crippen molar-refractivity contribution in [3.63, 3.8) is 0 Å². The second-order valence-corrected chi connectivity index (χ2v) is 10.3. The van der Waals surface area contributed by atoms with Crippen LogP contribution in [0, 0.1) is 5.82 Å². The number of benzene rings is 3. The van der Waals surface area contributed by atoms with Gasteiger partial charge in [0, 0.05) is 24.3 Å². The molecule has 0 radical (unpaired) electrons. The van der Waals surface area contributed by atoms with E-state index in [4.69, 9.17) is 0 Å². The third-order valence-corrected chi connectivity index (χ3v) is 6.98. The normalized spacial score (nSPS) is 13.7. The summed E-state index contributed by atoms with van der Waals surface area (Å²) in [5.41, 5.74) is 5.72. The highest BCUT2D eigenvalue weighted by molar-refractivity contribution is 7.12. The van der Waals surface area contributed by atoms with Crippen molar-refractivity contribution in [2.45, 2.75) is 13.1 Å². The Labute approximate surface area is 224 Å². The minimum absolute atomic E-state index is 0.133. The third-order valence-electron chi connectivity index (χ3n) is 6.11. The van der Waals surface area contributed by atoms with Crippen LogP contribution >= 0.6 is 11.3 Å². The highest BCUT2D eigenvalue weighted by atomic mass is 32.1. The Morgan fingerprint density at radius 1 is 0.974 bits per heavy atom. The van der Waals surface area contributed by atoms with Crippen molar-refractivity contribution >= 4 is 45.8 Å². The number of fused-ring (bicyclic) bond motifs is 1. The minimum atomic E-state index is -0.417. The van der Waals surface area contributed by atoms with Crippen LogP contribution in [-0.2, 0) is 17.9 Å². The standard InChI is InChI=1S/C30H27FN4O2S/c1-35(2)18-19-8-11-23(12-9-19)33-28(27-24-13-10-22(31)16-25(24)34-30(27)37)21-6-3-5-20(15-21)17-32-29(36)26-7-4-14-38-26/h3-16,33H,17-18H2,1-2H3,(H,32,36)(H,34,37)/b28-27-. The van der Waals surface area contributed by atoms with Crippen LogP contribution in [0.4, 0.5) is 15.8 Å². The lowest BCUT2D eigenvalue weighted by atomic mass is 9.98. The molecule has 0 bridgehead atoms. The molecule has 192 valence electrons. The molecule has 1 aromatic heterocycles. The number of hydrogen-bond acceptors (Lipinski definition) is 5. The van der Waals surface area contributed by atoms with Gasteiger partial charge >= 0.3 is 0 Å². The van der Waals surface area contributed by atoms with Gasteiger partial charge in [-0.15, -0.1) is 11.3 Å². The minimum Gasteiger partial charge on any atom is -0.354 e. The molecular formula is C30H27FN4O2S. The highest BCUT2D eigenvalue weighted by Crippen LogP contribution is 2.38. The molecule has 3 N–H and O–H groups in total. The Hall–Kier alpha value is -4.27. The van der Waals surface area contributed by atoms with Gasteiger partial charge < -0.3 is 20.9 Å². The predicted molar refractivity (Wildman–Crippen MR) is 151 cm³/mol. The molecule has 2 amide bonds. The molecule has 3 aromatic carbocycles. The van der Waals surface area contributed by atoms with Gasteiger partial charge in [0.05, 0.1) is 21.8 Å². The van der Waals surface area contributed by atoms with Gasteiger partial charge in [0.25, 0.3) is 11.8 Å². The summed E-state index contributed by atoms with van der Waals surface area (Å²) in [5, 5.41) is 11.0. The van der Waals surface area contributed by atoms with Crippen LogP contribution in [0.15, 0.2) is 84.2 Å². The molecule has 4 aromatic rings. The van der Waals surface area contributed by atoms with Gasteiger partial charge in [-0.05, 0) is 78.6 Å². The van der Waals surface area contributed by atoms with Gasteiger partial charge in [0.1, 0.15) is 5.82 Å². The van der Waals surface area contributed by atoms with Crippen molar-refractivity contribution in [3.8, 4) is 0 Å². The fraction of sp³-hybridized carbons (Fsp3) is 0.133. The van der Waals surface area contributed by atoms with Gasteiger partial charge in [-0.1, -0.05) is 36.4 Å². The largest absolute Gasteiger partial charge is 0.354 e. The highest BCUT2D eigenvalue weighted by Gasteiger charge is 2.29. The molecule has 1 aliphatic heterocycles. The zero-order chi connectivity index (χ0) is 26.6. The van der Waals surface area contributed by atoms with E-state index in [1.807, 2.05) is 74.1 Å². The SMILES string of the molecule is CN(C)Cc1ccc(N/C(=C2\C(=O)Nc3cc(F)ccc32)c2cccc(CNC(=O)c3cccs3)c2)cc1. The second kappa shape index (κ2) is 11.0. The first-order chi connectivity index (χ1) is 18.4. The molecular weight excluding hydrogens is 499 g/mol. The quantitative estimate of drug-likeness (QED) is 0.253. The number of rotatable bonds is 8. The summed E-state index contributed by atoms with van der Waals surface area (Å²) in [5.74, 6) is -0.862. The molecule has 0 aliphatic carbocycles. The summed E-state index contributed by atoms with van der Waals surface area (Å²) in [4.78, 5) is 28.3. The number of halogens is 1. The number of carbonyl (C=O) groups excluding carboxylic acids is 2. The van der Waals surface area contributed by atoms with E-state index < -0.39 is 5.82 Å². The topological polar surface area (TPSA) is 73.5 Å². The summed E-state index contributed by atoms with van der Waals surface area (Å²) in [7, 11) is 4.03. The van der Waals surface area contributed by atoms with Crippen LogP contribution in [0.2, 0.25) is 0 Å². The first kappa shape index (κ1) is 25.4. The van der Waals surface area contributed by atoms with Crippen LogP contribution in [0.5, 0.6) is 0 Å². The van der Waals surface area contributed by atoms with Crippen molar-refractivity contribution in [1.82, 2.24) is 10.2 Å². The van der Waals surface area contributed by atoms with Crippen LogP contribution in [-0.4, -0.2) is 30.8 Å². The van der Waals surface area contributed by atoms with Crippen LogP contribution in [0.1, 0.15) is 31.9 Å². The molecule has 0 saturated heterocycles. The molecule has 0 spiro atoms. The second-order valence-electron chi connectivity index (χ2n) is 9.31. The van der Waals surface area contributed by atoms with E-state index in [1.165, 1.54) is 23.5 Å². The average Bonchev–Trinajstić information content (AvgIpc) is 3.54. The van der Waals surface area contributed by atoms with Gasteiger partial charge in [0.15, 0.2) is 0 Å². The number of nitrogens with one attached hydrogen (secondary N) is 3. The summed E-state index contributed by atoms with van der Waals surface area (Å²) in [6.07, 6.45) is 0. The van der Waals surface area contributed by atoms with Crippen molar-refractivity contribution < 1.29 is 14.0 Å². The first-order valence-corrected chi connectivity index (χ1v) is 13.0. The Morgan fingerprint density at radius 2 is 1.79 bits per heavy atom. The first-order valence-electron chi connectivity index (χ1n) is 12.1. The van der Waals surface area contributed by atoms with Crippen molar-refractivity contribution in [1.29, 1.82) is 0 Å². The van der Waals surface area contributed by atoms with Gasteiger partial charge in [0.2, 0.25) is 0 Å². The molecule has 1 aliphatic rings. The summed E-state index contributed by atoms with van der Waals surface area (Å²) < 4.78 is 13.9. The average molecular weight is 527 g/mol. The number of thiophene rings is 1. The summed E-state index contributed by atoms with van der Waals surface area (Å²) in [6.45, 7) is 1.15. The molecule has 0 unspecified atom stereocenters. The molecule has 5 rings (SSSR count). The summed E-state index contributed by atoms with van der Waals surface area (Å²) >= 11 is 1.39. The van der Waals surface area contributed by atoms with E-state index in [9.17, 15) is 14.0 Å². The van der Waals surface area contributed by atoms with E-state index in [2.05, 4.69) is 20.9 Å². The summed E-state index contributed by atoms with van der Waals surface area (Å²) in [6, 6.07) is 23.6. The smallest absolute Gasteiger partial charge is 0.261 e. The van der Waals surface area contributed by atoms with Crippen LogP contribution < -0.4 is 16.0 Å². The molecule has 0 fully saturated rings. The molecule has 0 saturated carbocycles. The van der Waals surface area contributed by atoms with Gasteiger partial charge in [-0.2, -0.15) is 0 Å². The number of nitrogens with zero attached hydrogens (tertiary/aromatic N) is 1. The fourth-order valence-electron chi connectivity index (χ4n) is 4.39. The number of amides is 2. The van der Waals surface area contributed by atoms with Gasteiger partial charge in [-0.25, -0.2) is 4.39 Å². The maximum Gasteiger partial charge on any atom is 0.261 e. The molecule has 8 heteroatoms. The number of hydrogen-bond donors (Lipinski definition) is 3. The van der Waals surface area contributed by atoms with Gasteiger partial charge in [-0.3, -0.25) is 9.59 Å². The predicted octanol–water partition coefficient (Wildman–Crippen LogP) is 5.81. The van der Waals surface area contributed by atoms with Crippen molar-refractivity contribution in [2.75, 3.05) is 24.7 Å². The lowest BCUT2D eigenvalue weighted by Crippen LogP contribution is -2.21. The zero-order valence-electron chi connectivity index (χ0n) is 21.0. The maximum atomic E-state index is 13.9. The Kier molecular flexibility index (Phi) is 7.35. The lowest BCUT2D eigenvalue weighted by Gasteiger charge is -2.17. The van der Waals surface area contributed by atoms with Crippen molar-refractivity contribution in [2.24, 2.45) is 0 Å². The monoisotopic (exact) mass is 526 g/mol. The van der Waals surface area contributed by atoms with E-state index in [1.54, 1.807) is 12.1 Å². The van der Waals surface area contributed by atoms with E-state index >= 15 is 0 Å². The van der Waals surface area contributed by atoms with Crippen LogP contribution in [0.3, 0.4) is 0 Å². The lowest BCUT2D eigenvalue weighted by molar-refractivity contribution is -0.110. The zero-order valence-corrected chi connectivity index (χ0v) is 21.9. The maximum absolute atomic E-state index is 13.9. The van der Waals surface area contributed by atoms with E-state index in [-0.39, 0.29) is 11.8 Å². The molecule has 0 atom stereocenters. The van der Waals surface area contributed by atoms with Crippen molar-refractivity contribution in [3.05, 3.63) is 117 Å². The molecule has 6 nitrogen and oxygen atoms in total. The Balaban J connectivity index is 1.51. The molecule has 38 heavy (non-hydrogen) atoms. The Morgan fingerprint density at radius 3 is 2.53 bits per heavy atom. The van der Waals surface area contributed by atoms with E-state index in [0.717, 1.165) is 28.9 Å².